The summed E-state index contributed by atoms with van der Waals surface area (Å²) in [5.41, 5.74) is 1.29. The maximum Gasteiger partial charge on any atom is 0.273 e. The van der Waals surface area contributed by atoms with Crippen LogP contribution in [0.25, 0.3) is 0 Å². The number of nitrogens with one attached hydrogen (secondary N) is 1. The van der Waals surface area contributed by atoms with Gasteiger partial charge in [-0.1, -0.05) is 58.2 Å². The molecule has 0 aliphatic rings. The van der Waals surface area contributed by atoms with Crippen molar-refractivity contribution in [3.63, 3.8) is 0 Å². The minimum Gasteiger partial charge on any atom is -0.483 e. The predicted octanol–water partition coefficient (Wildman–Crippen LogP) is 5.47. The largest absolute Gasteiger partial charge is 0.483 e. The summed E-state index contributed by atoms with van der Waals surface area (Å²) < 4.78 is 5.74. The molecular formula is C22H28N2O4. The number of carbonyl (C=O) groups is 1. The SMILES string of the molecule is CCCCCC(C)(C)c1ccc([N+](=O)[O-])cc1OCC(=O)Nc1ccccc1. The van der Waals surface area contributed by atoms with Crippen molar-refractivity contribution in [3.8, 4) is 5.75 Å². The number of para-hydroxylation sites is 1. The van der Waals surface area contributed by atoms with Crippen molar-refractivity contribution in [1.29, 1.82) is 0 Å². The molecule has 2 aromatic rings. The van der Waals surface area contributed by atoms with Crippen LogP contribution in [-0.2, 0) is 10.2 Å². The highest BCUT2D eigenvalue weighted by molar-refractivity contribution is 5.91. The standard InChI is InChI=1S/C22H28N2O4/c1-4-5-9-14-22(2,3)19-13-12-18(24(26)27)15-20(19)28-16-21(25)23-17-10-7-6-8-11-17/h6-8,10-13,15H,4-5,9,14,16H2,1-3H3,(H,23,25). The molecule has 2 aromatic carbocycles. The van der Waals surface area contributed by atoms with Gasteiger partial charge in [0.1, 0.15) is 5.75 Å². The smallest absolute Gasteiger partial charge is 0.273 e. The number of benzene rings is 2. The highest BCUT2D eigenvalue weighted by atomic mass is 16.6. The van der Waals surface area contributed by atoms with Crippen LogP contribution in [0.5, 0.6) is 5.75 Å². The Morgan fingerprint density at radius 1 is 1.14 bits per heavy atom. The zero-order valence-corrected chi connectivity index (χ0v) is 16.7. The van der Waals surface area contributed by atoms with Gasteiger partial charge in [0, 0.05) is 17.3 Å². The van der Waals surface area contributed by atoms with Gasteiger partial charge in [-0.25, -0.2) is 0 Å². The monoisotopic (exact) mass is 384 g/mol. The van der Waals surface area contributed by atoms with Crippen molar-refractivity contribution in [3.05, 3.63) is 64.2 Å². The fraction of sp³-hybridized carbons (Fsp3) is 0.409. The Morgan fingerprint density at radius 3 is 2.50 bits per heavy atom. The van der Waals surface area contributed by atoms with Crippen molar-refractivity contribution in [2.75, 3.05) is 11.9 Å². The molecule has 0 bridgehead atoms. The molecular weight excluding hydrogens is 356 g/mol. The number of nitrogens with zero attached hydrogens (tertiary/aromatic N) is 1. The van der Waals surface area contributed by atoms with Gasteiger partial charge in [0.2, 0.25) is 0 Å². The molecule has 0 saturated carbocycles. The summed E-state index contributed by atoms with van der Waals surface area (Å²) >= 11 is 0. The number of anilines is 1. The molecule has 0 heterocycles. The molecule has 0 unspecified atom stereocenters. The molecule has 0 atom stereocenters. The first-order chi connectivity index (χ1) is 13.3. The van der Waals surface area contributed by atoms with E-state index in [1.165, 1.54) is 12.1 Å². The van der Waals surface area contributed by atoms with Crippen molar-refractivity contribution in [1.82, 2.24) is 0 Å². The Morgan fingerprint density at radius 2 is 1.86 bits per heavy atom. The molecule has 0 spiro atoms. The average molecular weight is 384 g/mol. The molecule has 0 radical (unpaired) electrons. The summed E-state index contributed by atoms with van der Waals surface area (Å²) in [7, 11) is 0. The molecule has 6 nitrogen and oxygen atoms in total. The van der Waals surface area contributed by atoms with E-state index in [0.29, 0.717) is 11.4 Å². The zero-order chi connectivity index (χ0) is 20.6. The average Bonchev–Trinajstić information content (AvgIpc) is 2.67. The van der Waals surface area contributed by atoms with Gasteiger partial charge < -0.3 is 10.1 Å². The number of amides is 1. The van der Waals surface area contributed by atoms with Crippen LogP contribution < -0.4 is 10.1 Å². The Bertz CT molecular complexity index is 803. The molecule has 1 N–H and O–H groups in total. The van der Waals surface area contributed by atoms with Crippen LogP contribution >= 0.6 is 0 Å². The third-order valence-corrected chi connectivity index (χ3v) is 4.73. The highest BCUT2D eigenvalue weighted by Crippen LogP contribution is 2.37. The summed E-state index contributed by atoms with van der Waals surface area (Å²) in [5.74, 6) is 0.0753. The minimum atomic E-state index is -0.454. The van der Waals surface area contributed by atoms with Gasteiger partial charge in [-0.3, -0.25) is 14.9 Å². The van der Waals surface area contributed by atoms with Gasteiger partial charge in [0.25, 0.3) is 11.6 Å². The number of hydrogen-bond donors (Lipinski definition) is 1. The molecule has 2 rings (SSSR count). The van der Waals surface area contributed by atoms with Crippen molar-refractivity contribution < 1.29 is 14.5 Å². The third kappa shape index (κ3) is 6.08. The lowest BCUT2D eigenvalue weighted by atomic mass is 9.79. The van der Waals surface area contributed by atoms with Crippen LogP contribution in [0.1, 0.15) is 52.0 Å². The number of hydrogen-bond acceptors (Lipinski definition) is 4. The van der Waals surface area contributed by atoms with Crippen LogP contribution in [0, 0.1) is 10.1 Å². The van der Waals surface area contributed by atoms with E-state index in [9.17, 15) is 14.9 Å². The molecule has 0 saturated heterocycles. The minimum absolute atomic E-state index is 0.0495. The molecule has 0 fully saturated rings. The Kier molecular flexibility index (Phi) is 7.55. The number of carbonyl (C=O) groups excluding carboxylic acids is 1. The number of nitro benzene ring substituents is 1. The van der Waals surface area contributed by atoms with Gasteiger partial charge in [-0.15, -0.1) is 0 Å². The lowest BCUT2D eigenvalue weighted by Gasteiger charge is -2.27. The summed E-state index contributed by atoms with van der Waals surface area (Å²) in [6, 6.07) is 13.7. The second kappa shape index (κ2) is 9.88. The van der Waals surface area contributed by atoms with E-state index in [0.717, 1.165) is 31.2 Å². The van der Waals surface area contributed by atoms with E-state index >= 15 is 0 Å². The van der Waals surface area contributed by atoms with Crippen LogP contribution in [0.3, 0.4) is 0 Å². The van der Waals surface area contributed by atoms with Gasteiger partial charge in [0.05, 0.1) is 11.0 Å². The number of nitro groups is 1. The third-order valence-electron chi connectivity index (χ3n) is 4.73. The van der Waals surface area contributed by atoms with Crippen LogP contribution in [0.4, 0.5) is 11.4 Å². The Labute approximate surface area is 166 Å². The van der Waals surface area contributed by atoms with Crippen molar-refractivity contribution in [2.24, 2.45) is 0 Å². The first kappa shape index (κ1) is 21.4. The second-order valence-electron chi connectivity index (χ2n) is 7.48. The molecule has 0 aliphatic heterocycles. The number of rotatable bonds is 10. The van der Waals surface area contributed by atoms with Crippen LogP contribution in [0.2, 0.25) is 0 Å². The lowest BCUT2D eigenvalue weighted by molar-refractivity contribution is -0.385. The Hall–Kier alpha value is -2.89. The van der Waals surface area contributed by atoms with Crippen molar-refractivity contribution in [2.45, 2.75) is 51.9 Å². The van der Waals surface area contributed by atoms with E-state index in [1.807, 2.05) is 18.2 Å². The summed E-state index contributed by atoms with van der Waals surface area (Å²) in [6.45, 7) is 6.13. The van der Waals surface area contributed by atoms with Crippen LogP contribution in [-0.4, -0.2) is 17.4 Å². The lowest BCUT2D eigenvalue weighted by Crippen LogP contribution is -2.23. The Balaban J connectivity index is 2.16. The van der Waals surface area contributed by atoms with E-state index in [4.69, 9.17) is 4.74 Å². The quantitative estimate of drug-likeness (QED) is 0.334. The zero-order valence-electron chi connectivity index (χ0n) is 16.7. The second-order valence-corrected chi connectivity index (χ2v) is 7.48. The number of non-ortho nitro benzene ring substituents is 1. The summed E-state index contributed by atoms with van der Waals surface area (Å²) in [6.07, 6.45) is 4.26. The predicted molar refractivity (Wildman–Crippen MR) is 111 cm³/mol. The summed E-state index contributed by atoms with van der Waals surface area (Å²) in [4.78, 5) is 22.9. The van der Waals surface area contributed by atoms with Gasteiger partial charge in [-0.2, -0.15) is 0 Å². The first-order valence-corrected chi connectivity index (χ1v) is 9.60. The van der Waals surface area contributed by atoms with Gasteiger partial charge >= 0.3 is 0 Å². The number of ether oxygens (including phenoxy) is 1. The molecule has 6 heteroatoms. The molecule has 0 aromatic heterocycles. The molecule has 28 heavy (non-hydrogen) atoms. The highest BCUT2D eigenvalue weighted by Gasteiger charge is 2.26. The maximum atomic E-state index is 12.2. The van der Waals surface area contributed by atoms with Crippen molar-refractivity contribution >= 4 is 17.3 Å². The van der Waals surface area contributed by atoms with E-state index in [-0.39, 0.29) is 23.6 Å². The summed E-state index contributed by atoms with van der Waals surface area (Å²) in [5, 5.41) is 13.9. The maximum absolute atomic E-state index is 12.2. The van der Waals surface area contributed by atoms with E-state index in [1.54, 1.807) is 18.2 Å². The molecule has 0 aliphatic carbocycles. The van der Waals surface area contributed by atoms with Gasteiger partial charge in [-0.05, 0) is 30.0 Å². The topological polar surface area (TPSA) is 81.5 Å². The first-order valence-electron chi connectivity index (χ1n) is 9.60. The fourth-order valence-electron chi connectivity index (χ4n) is 3.12. The number of unbranched alkanes of at least 4 members (excludes halogenated alkanes) is 2. The van der Waals surface area contributed by atoms with E-state index in [2.05, 4.69) is 26.1 Å². The van der Waals surface area contributed by atoms with Crippen LogP contribution in [0.15, 0.2) is 48.5 Å². The molecule has 1 amide bonds. The molecule has 150 valence electrons. The van der Waals surface area contributed by atoms with E-state index < -0.39 is 4.92 Å². The fourth-order valence-corrected chi connectivity index (χ4v) is 3.12. The normalized spacial score (nSPS) is 11.1. The van der Waals surface area contributed by atoms with Gasteiger partial charge in [0.15, 0.2) is 6.61 Å².